The lowest BCUT2D eigenvalue weighted by Gasteiger charge is -2.09. The lowest BCUT2D eigenvalue weighted by Crippen LogP contribution is -2.05. The Kier molecular flexibility index (Phi) is 3.81. The molecule has 0 unspecified atom stereocenters. The van der Waals surface area contributed by atoms with Crippen molar-refractivity contribution >= 4 is 13.4 Å². The Morgan fingerprint density at radius 3 is 2.31 bits per heavy atom. The zero-order chi connectivity index (χ0) is 12.3. The number of rotatable bonds is 3. The maximum absolute atomic E-state index is 11.9. The van der Waals surface area contributed by atoms with Crippen LogP contribution in [0.25, 0.3) is 0 Å². The molecule has 0 heterocycles. The number of hydrogen-bond donors (Lipinski definition) is 2. The summed E-state index contributed by atoms with van der Waals surface area (Å²) in [5.41, 5.74) is 1.01. The van der Waals surface area contributed by atoms with Crippen LogP contribution in [0.4, 0.5) is 0 Å². The molecule has 2 N–H and O–H groups in total. The smallest absolute Gasteiger partial charge is 0.321 e. The highest BCUT2D eigenvalue weighted by atomic mass is 31.2. The Bertz CT molecular complexity index is 485. The van der Waals surface area contributed by atoms with Gasteiger partial charge in [0.25, 0.3) is 0 Å². The van der Waals surface area contributed by atoms with Crippen LogP contribution < -0.4 is 0 Å². The van der Waals surface area contributed by atoms with Crippen molar-refractivity contribution in [2.75, 3.05) is 0 Å². The molecule has 0 saturated heterocycles. The molecule has 0 aromatic heterocycles. The summed E-state index contributed by atoms with van der Waals surface area (Å²) in [6.45, 7) is 3.16. The van der Waals surface area contributed by atoms with Crippen LogP contribution in [0.2, 0.25) is 0 Å². The lowest BCUT2D eigenvalue weighted by atomic mass is 10.0. The first-order valence-corrected chi connectivity index (χ1v) is 6.32. The van der Waals surface area contributed by atoms with Gasteiger partial charge in [-0.15, -0.1) is 0 Å². The molecule has 0 spiro atoms. The Morgan fingerprint density at radius 2 is 1.88 bits per heavy atom. The fourth-order valence-corrected chi connectivity index (χ4v) is 2.12. The summed E-state index contributed by atoms with van der Waals surface area (Å²) in [5.74, 6) is -0.617. The monoisotopic (exact) mass is 240 g/mol. The molecule has 1 aromatic carbocycles. The van der Waals surface area contributed by atoms with Gasteiger partial charge in [-0.25, -0.2) is 0 Å². The van der Waals surface area contributed by atoms with Crippen molar-refractivity contribution in [3.8, 4) is 0 Å². The van der Waals surface area contributed by atoms with E-state index in [-0.39, 0.29) is 0 Å². The summed E-state index contributed by atoms with van der Waals surface area (Å²) in [5, 5.41) is -0.457. The highest BCUT2D eigenvalue weighted by Gasteiger charge is 2.28. The van der Waals surface area contributed by atoms with E-state index in [0.29, 0.717) is 11.1 Å². The molecule has 5 heteroatoms. The lowest BCUT2D eigenvalue weighted by molar-refractivity contribution is 0.103. The van der Waals surface area contributed by atoms with Crippen LogP contribution in [0.1, 0.15) is 22.8 Å². The number of hydrogen-bond acceptors (Lipinski definition) is 2. The molecule has 0 saturated carbocycles. The van der Waals surface area contributed by atoms with E-state index in [9.17, 15) is 9.36 Å². The molecule has 16 heavy (non-hydrogen) atoms. The molecule has 0 aliphatic rings. The number of aryl methyl sites for hydroxylation is 1. The summed E-state index contributed by atoms with van der Waals surface area (Å²) >= 11 is 0. The Hall–Kier alpha value is -1.22. The molecular formula is C11H13O4P. The van der Waals surface area contributed by atoms with Gasteiger partial charge >= 0.3 is 7.60 Å². The molecule has 1 aromatic rings. The average Bonchev–Trinajstić information content (AvgIpc) is 2.17. The van der Waals surface area contributed by atoms with Crippen molar-refractivity contribution in [1.82, 2.24) is 0 Å². The number of carbonyl (C=O) groups is 1. The maximum atomic E-state index is 11.9. The van der Waals surface area contributed by atoms with E-state index in [2.05, 4.69) is 0 Å². The Balaban J connectivity index is 3.23. The normalized spacial score (nSPS) is 12.6. The van der Waals surface area contributed by atoms with Gasteiger partial charge in [-0.2, -0.15) is 0 Å². The van der Waals surface area contributed by atoms with Crippen LogP contribution in [0.15, 0.2) is 35.7 Å². The van der Waals surface area contributed by atoms with Crippen LogP contribution in [-0.4, -0.2) is 15.6 Å². The second-order valence-corrected chi connectivity index (χ2v) is 4.93. The van der Waals surface area contributed by atoms with Crippen molar-refractivity contribution in [3.63, 3.8) is 0 Å². The third-order valence-corrected chi connectivity index (χ3v) is 3.30. The predicted molar refractivity (Wildman–Crippen MR) is 61.3 cm³/mol. The topological polar surface area (TPSA) is 74.6 Å². The maximum Gasteiger partial charge on any atom is 0.359 e. The largest absolute Gasteiger partial charge is 0.359 e. The van der Waals surface area contributed by atoms with Crippen LogP contribution >= 0.6 is 7.60 Å². The van der Waals surface area contributed by atoms with E-state index in [1.54, 1.807) is 31.2 Å². The van der Waals surface area contributed by atoms with Crippen molar-refractivity contribution in [1.29, 1.82) is 0 Å². The highest BCUT2D eigenvalue weighted by Crippen LogP contribution is 2.46. The minimum Gasteiger partial charge on any atom is -0.321 e. The van der Waals surface area contributed by atoms with Gasteiger partial charge < -0.3 is 9.79 Å². The van der Waals surface area contributed by atoms with Gasteiger partial charge in [0.05, 0.1) is 0 Å². The average molecular weight is 240 g/mol. The van der Waals surface area contributed by atoms with Gasteiger partial charge in [0.1, 0.15) is 5.31 Å². The van der Waals surface area contributed by atoms with Gasteiger partial charge in [0, 0.05) is 5.56 Å². The predicted octanol–water partition coefficient (Wildman–Crippen LogP) is 2.26. The number of carbonyl (C=O) groups excluding carboxylic acids is 1. The first-order chi connectivity index (χ1) is 7.38. The standard InChI is InChI=1S/C11H13O4P/c1-3-10(16(13,14)15)11(12)9-7-5-4-6-8(9)2/h3-7H,1-2H3,(H2,13,14,15). The molecule has 0 aliphatic heterocycles. The van der Waals surface area contributed by atoms with Gasteiger partial charge in [0.2, 0.25) is 5.78 Å². The van der Waals surface area contributed by atoms with Crippen LogP contribution in [0, 0.1) is 6.92 Å². The fourth-order valence-electron chi connectivity index (χ4n) is 1.40. The van der Waals surface area contributed by atoms with Crippen LogP contribution in [0.5, 0.6) is 0 Å². The number of ketones is 1. The third-order valence-electron chi connectivity index (χ3n) is 2.21. The summed E-state index contributed by atoms with van der Waals surface area (Å²) in [4.78, 5) is 29.9. The number of Topliss-reactive ketones (excluding diaryl/α,β-unsaturated/α-hetero) is 1. The number of allylic oxidation sites excluding steroid dienone is 2. The zero-order valence-corrected chi connectivity index (χ0v) is 9.94. The van der Waals surface area contributed by atoms with E-state index in [1.807, 2.05) is 0 Å². The van der Waals surface area contributed by atoms with Crippen molar-refractivity contribution < 1.29 is 19.1 Å². The number of benzene rings is 1. The van der Waals surface area contributed by atoms with Crippen molar-refractivity contribution in [2.24, 2.45) is 0 Å². The summed E-state index contributed by atoms with van der Waals surface area (Å²) in [6.07, 6.45) is 1.16. The third kappa shape index (κ3) is 2.67. The second kappa shape index (κ2) is 4.74. The summed E-state index contributed by atoms with van der Waals surface area (Å²) < 4.78 is 11.1. The minimum atomic E-state index is -4.51. The first kappa shape index (κ1) is 12.8. The Labute approximate surface area is 93.8 Å². The van der Waals surface area contributed by atoms with E-state index < -0.39 is 18.7 Å². The SMILES string of the molecule is CC=C(C(=O)c1ccccc1C)P(=O)(O)O. The molecule has 1 rings (SSSR count). The van der Waals surface area contributed by atoms with Crippen LogP contribution in [-0.2, 0) is 4.57 Å². The molecule has 0 radical (unpaired) electrons. The zero-order valence-electron chi connectivity index (χ0n) is 9.04. The summed E-state index contributed by atoms with van der Waals surface area (Å²) in [6, 6.07) is 6.70. The molecule has 4 nitrogen and oxygen atoms in total. The minimum absolute atomic E-state index is 0.318. The molecule has 0 bridgehead atoms. The van der Waals surface area contributed by atoms with E-state index in [0.717, 1.165) is 6.08 Å². The molecule has 0 fully saturated rings. The van der Waals surface area contributed by atoms with Gasteiger partial charge in [-0.1, -0.05) is 30.3 Å². The quantitative estimate of drug-likeness (QED) is 0.482. The second-order valence-electron chi connectivity index (χ2n) is 3.36. The van der Waals surface area contributed by atoms with E-state index in [1.165, 1.54) is 6.92 Å². The fraction of sp³-hybridized carbons (Fsp3) is 0.182. The van der Waals surface area contributed by atoms with E-state index >= 15 is 0 Å². The molecule has 0 atom stereocenters. The summed E-state index contributed by atoms with van der Waals surface area (Å²) in [7, 11) is -4.51. The van der Waals surface area contributed by atoms with Crippen molar-refractivity contribution in [2.45, 2.75) is 13.8 Å². The molecule has 0 amide bonds. The van der Waals surface area contributed by atoms with Gasteiger partial charge in [0.15, 0.2) is 0 Å². The highest BCUT2D eigenvalue weighted by molar-refractivity contribution is 7.58. The van der Waals surface area contributed by atoms with Gasteiger partial charge in [-0.05, 0) is 19.4 Å². The van der Waals surface area contributed by atoms with Crippen molar-refractivity contribution in [3.05, 3.63) is 46.8 Å². The van der Waals surface area contributed by atoms with Gasteiger partial charge in [-0.3, -0.25) is 9.36 Å². The van der Waals surface area contributed by atoms with E-state index in [4.69, 9.17) is 9.79 Å². The molecular weight excluding hydrogens is 227 g/mol. The molecule has 86 valence electrons. The first-order valence-electron chi connectivity index (χ1n) is 4.70. The van der Waals surface area contributed by atoms with Crippen LogP contribution in [0.3, 0.4) is 0 Å². The Morgan fingerprint density at radius 1 is 1.31 bits per heavy atom. The molecule has 0 aliphatic carbocycles.